The van der Waals surface area contributed by atoms with Gasteiger partial charge in [0, 0.05) is 12.6 Å². The Bertz CT molecular complexity index is 445. The van der Waals surface area contributed by atoms with E-state index in [-0.39, 0.29) is 0 Å². The van der Waals surface area contributed by atoms with Crippen molar-refractivity contribution in [2.24, 2.45) is 5.92 Å². The fourth-order valence-corrected chi connectivity index (χ4v) is 4.20. The molecule has 0 aromatic heterocycles. The maximum Gasteiger partial charge on any atom is 0.0208 e. The third-order valence-electron chi connectivity index (χ3n) is 5.48. The molecule has 0 spiro atoms. The Kier molecular flexibility index (Phi) is 5.35. The van der Waals surface area contributed by atoms with Crippen molar-refractivity contribution in [1.82, 2.24) is 5.32 Å². The molecule has 0 radical (unpaired) electrons. The first-order valence-corrected chi connectivity index (χ1v) is 9.15. The highest BCUT2D eigenvalue weighted by atomic mass is 14.9. The normalized spacial score (nSPS) is 21.0. The average molecular weight is 285 g/mol. The zero-order valence-electron chi connectivity index (χ0n) is 13.7. The van der Waals surface area contributed by atoms with Crippen LogP contribution in [0.4, 0.5) is 0 Å². The molecule has 0 aliphatic heterocycles. The topological polar surface area (TPSA) is 12.0 Å². The van der Waals surface area contributed by atoms with Crippen LogP contribution in [0.25, 0.3) is 0 Å². The maximum atomic E-state index is 3.75. The van der Waals surface area contributed by atoms with Gasteiger partial charge in [0.15, 0.2) is 0 Å². The molecule has 1 nitrogen and oxygen atoms in total. The van der Waals surface area contributed by atoms with Crippen molar-refractivity contribution in [2.75, 3.05) is 0 Å². The lowest BCUT2D eigenvalue weighted by Crippen LogP contribution is -2.28. The van der Waals surface area contributed by atoms with E-state index in [4.69, 9.17) is 0 Å². The van der Waals surface area contributed by atoms with Gasteiger partial charge in [-0.1, -0.05) is 50.3 Å². The van der Waals surface area contributed by atoms with Crippen LogP contribution in [-0.4, -0.2) is 6.04 Å². The number of benzene rings is 1. The standard InChI is InChI=1S/C20H31N/c1-16(13-17-7-3-2-4-8-17)21-15-18-11-12-19-9-5-6-10-20(19)14-18/h11-12,14,16-17,21H,2-10,13,15H2,1H3. The van der Waals surface area contributed by atoms with Crippen molar-refractivity contribution < 1.29 is 0 Å². The first-order chi connectivity index (χ1) is 10.3. The Morgan fingerprint density at radius 3 is 2.57 bits per heavy atom. The van der Waals surface area contributed by atoms with Crippen LogP contribution in [0, 0.1) is 5.92 Å². The number of nitrogens with one attached hydrogen (secondary N) is 1. The molecular weight excluding hydrogens is 254 g/mol. The first-order valence-electron chi connectivity index (χ1n) is 9.15. The van der Waals surface area contributed by atoms with Gasteiger partial charge in [-0.25, -0.2) is 0 Å². The van der Waals surface area contributed by atoms with Crippen LogP contribution >= 0.6 is 0 Å². The highest BCUT2D eigenvalue weighted by Gasteiger charge is 2.16. The molecule has 2 aliphatic rings. The molecule has 1 aromatic rings. The van der Waals surface area contributed by atoms with Crippen molar-refractivity contribution in [2.45, 2.75) is 83.7 Å². The Balaban J connectivity index is 1.47. The molecule has 1 heteroatoms. The molecule has 3 rings (SSSR count). The molecule has 0 saturated heterocycles. The second-order valence-corrected chi connectivity index (χ2v) is 7.33. The summed E-state index contributed by atoms with van der Waals surface area (Å²) in [6.45, 7) is 3.41. The molecule has 21 heavy (non-hydrogen) atoms. The molecule has 0 heterocycles. The van der Waals surface area contributed by atoms with Gasteiger partial charge in [-0.3, -0.25) is 0 Å². The van der Waals surface area contributed by atoms with E-state index in [0.717, 1.165) is 12.5 Å². The number of aryl methyl sites for hydroxylation is 2. The lowest BCUT2D eigenvalue weighted by atomic mass is 9.85. The van der Waals surface area contributed by atoms with Gasteiger partial charge in [0.2, 0.25) is 0 Å². The van der Waals surface area contributed by atoms with Gasteiger partial charge in [-0.05, 0) is 61.6 Å². The van der Waals surface area contributed by atoms with Gasteiger partial charge in [-0.2, -0.15) is 0 Å². The van der Waals surface area contributed by atoms with Crippen molar-refractivity contribution in [1.29, 1.82) is 0 Å². The zero-order valence-corrected chi connectivity index (χ0v) is 13.7. The van der Waals surface area contributed by atoms with Crippen LogP contribution in [0.1, 0.15) is 75.0 Å². The maximum absolute atomic E-state index is 3.75. The largest absolute Gasteiger partial charge is 0.310 e. The molecule has 1 aromatic carbocycles. The predicted octanol–water partition coefficient (Wildman–Crippen LogP) is 5.01. The summed E-state index contributed by atoms with van der Waals surface area (Å²) in [7, 11) is 0. The van der Waals surface area contributed by atoms with Crippen LogP contribution in [0.15, 0.2) is 18.2 Å². The van der Waals surface area contributed by atoms with Crippen molar-refractivity contribution in [3.63, 3.8) is 0 Å². The van der Waals surface area contributed by atoms with Crippen LogP contribution < -0.4 is 5.32 Å². The SMILES string of the molecule is CC(CC1CCCCC1)NCc1ccc2c(c1)CCCC2. The van der Waals surface area contributed by atoms with E-state index in [1.54, 1.807) is 11.1 Å². The summed E-state index contributed by atoms with van der Waals surface area (Å²) in [6, 6.07) is 7.82. The fourth-order valence-electron chi connectivity index (χ4n) is 4.20. The summed E-state index contributed by atoms with van der Waals surface area (Å²) in [6.07, 6.45) is 14.0. The zero-order chi connectivity index (χ0) is 14.5. The Morgan fingerprint density at radius 1 is 1.00 bits per heavy atom. The van der Waals surface area contributed by atoms with Gasteiger partial charge >= 0.3 is 0 Å². The lowest BCUT2D eigenvalue weighted by molar-refractivity contribution is 0.304. The summed E-state index contributed by atoms with van der Waals surface area (Å²) >= 11 is 0. The van der Waals surface area contributed by atoms with E-state index in [9.17, 15) is 0 Å². The minimum Gasteiger partial charge on any atom is -0.310 e. The minimum absolute atomic E-state index is 0.657. The van der Waals surface area contributed by atoms with Gasteiger partial charge in [0.1, 0.15) is 0 Å². The van der Waals surface area contributed by atoms with Crippen molar-refractivity contribution >= 4 is 0 Å². The van der Waals surface area contributed by atoms with Crippen molar-refractivity contribution in [3.05, 3.63) is 34.9 Å². The number of hydrogen-bond acceptors (Lipinski definition) is 1. The van der Waals surface area contributed by atoms with Crippen LogP contribution in [-0.2, 0) is 19.4 Å². The predicted molar refractivity (Wildman–Crippen MR) is 90.6 cm³/mol. The number of hydrogen-bond donors (Lipinski definition) is 1. The molecule has 2 aliphatic carbocycles. The van der Waals surface area contributed by atoms with Crippen LogP contribution in [0.3, 0.4) is 0 Å². The second kappa shape index (κ2) is 7.45. The third-order valence-corrected chi connectivity index (χ3v) is 5.48. The third kappa shape index (κ3) is 4.32. The Labute approximate surface area is 130 Å². The summed E-state index contributed by atoms with van der Waals surface area (Å²) in [5.74, 6) is 0.977. The molecule has 1 saturated carbocycles. The van der Waals surface area contributed by atoms with E-state index in [0.29, 0.717) is 6.04 Å². The smallest absolute Gasteiger partial charge is 0.0208 e. The second-order valence-electron chi connectivity index (χ2n) is 7.33. The van der Waals surface area contributed by atoms with Gasteiger partial charge in [-0.15, -0.1) is 0 Å². The van der Waals surface area contributed by atoms with E-state index < -0.39 is 0 Å². The molecular formula is C20H31N. The van der Waals surface area contributed by atoms with E-state index in [2.05, 4.69) is 30.4 Å². The van der Waals surface area contributed by atoms with Crippen LogP contribution in [0.5, 0.6) is 0 Å². The average Bonchev–Trinajstić information content (AvgIpc) is 2.54. The molecule has 1 N–H and O–H groups in total. The van der Waals surface area contributed by atoms with Gasteiger partial charge < -0.3 is 5.32 Å². The van der Waals surface area contributed by atoms with Crippen molar-refractivity contribution in [3.8, 4) is 0 Å². The molecule has 1 atom stereocenters. The Hall–Kier alpha value is -0.820. The summed E-state index contributed by atoms with van der Waals surface area (Å²) in [4.78, 5) is 0. The summed E-state index contributed by atoms with van der Waals surface area (Å²) < 4.78 is 0. The molecule has 1 unspecified atom stereocenters. The van der Waals surface area contributed by atoms with Gasteiger partial charge in [0.05, 0.1) is 0 Å². The van der Waals surface area contributed by atoms with Gasteiger partial charge in [0.25, 0.3) is 0 Å². The molecule has 116 valence electrons. The summed E-state index contributed by atoms with van der Waals surface area (Å²) in [5.41, 5.74) is 4.69. The molecule has 0 bridgehead atoms. The number of fused-ring (bicyclic) bond motifs is 1. The lowest BCUT2D eigenvalue weighted by Gasteiger charge is -2.25. The molecule has 1 fully saturated rings. The highest BCUT2D eigenvalue weighted by Crippen LogP contribution is 2.27. The highest BCUT2D eigenvalue weighted by molar-refractivity contribution is 5.33. The first kappa shape index (κ1) is 15.1. The monoisotopic (exact) mass is 285 g/mol. The van der Waals surface area contributed by atoms with E-state index in [1.165, 1.54) is 69.8 Å². The van der Waals surface area contributed by atoms with Crippen LogP contribution in [0.2, 0.25) is 0 Å². The summed E-state index contributed by atoms with van der Waals surface area (Å²) in [5, 5.41) is 3.75. The molecule has 0 amide bonds. The number of rotatable bonds is 5. The quantitative estimate of drug-likeness (QED) is 0.801. The minimum atomic E-state index is 0.657. The Morgan fingerprint density at radius 2 is 1.76 bits per heavy atom. The van der Waals surface area contributed by atoms with E-state index in [1.807, 2.05) is 0 Å². The fraction of sp³-hybridized carbons (Fsp3) is 0.700. The van der Waals surface area contributed by atoms with E-state index >= 15 is 0 Å².